The Labute approximate surface area is 93.1 Å². The summed E-state index contributed by atoms with van der Waals surface area (Å²) < 4.78 is 1.61. The van der Waals surface area contributed by atoms with Crippen LogP contribution in [-0.4, -0.2) is 20.7 Å². The highest BCUT2D eigenvalue weighted by Crippen LogP contribution is 2.05. The van der Waals surface area contributed by atoms with E-state index in [0.29, 0.717) is 12.2 Å². The van der Waals surface area contributed by atoms with E-state index in [2.05, 4.69) is 15.4 Å². The fourth-order valence-electron chi connectivity index (χ4n) is 1.37. The van der Waals surface area contributed by atoms with Crippen molar-refractivity contribution in [1.29, 1.82) is 0 Å². The number of aromatic nitrogens is 3. The molecule has 2 rings (SSSR count). The van der Waals surface area contributed by atoms with E-state index >= 15 is 0 Å². The van der Waals surface area contributed by atoms with Crippen molar-refractivity contribution in [2.24, 2.45) is 7.05 Å². The number of anilines is 1. The van der Waals surface area contributed by atoms with Crippen molar-refractivity contribution in [1.82, 2.24) is 14.8 Å². The summed E-state index contributed by atoms with van der Waals surface area (Å²) in [5.74, 6) is 0.616. The first kappa shape index (κ1) is 10.4. The van der Waals surface area contributed by atoms with Gasteiger partial charge >= 0.3 is 0 Å². The van der Waals surface area contributed by atoms with E-state index in [9.17, 15) is 4.79 Å². The molecule has 0 unspecified atom stereocenters. The molecule has 5 heteroatoms. The lowest BCUT2D eigenvalue weighted by molar-refractivity contribution is -0.115. The van der Waals surface area contributed by atoms with E-state index in [1.807, 2.05) is 12.1 Å². The molecule has 0 aliphatic rings. The maximum absolute atomic E-state index is 11.7. The van der Waals surface area contributed by atoms with Crippen LogP contribution >= 0.6 is 0 Å². The molecule has 2 aromatic heterocycles. The van der Waals surface area contributed by atoms with Gasteiger partial charge in [-0.25, -0.2) is 0 Å². The SMILES string of the molecule is Cn1nccc1NC(=O)Cc1cccnc1. The van der Waals surface area contributed by atoms with Crippen molar-refractivity contribution >= 4 is 11.7 Å². The second kappa shape index (κ2) is 4.57. The van der Waals surface area contributed by atoms with Crippen LogP contribution in [0.4, 0.5) is 5.82 Å². The summed E-state index contributed by atoms with van der Waals surface area (Å²) in [5, 5.41) is 6.74. The van der Waals surface area contributed by atoms with Crippen LogP contribution in [0, 0.1) is 0 Å². The lowest BCUT2D eigenvalue weighted by Crippen LogP contribution is -2.16. The number of amides is 1. The normalized spacial score (nSPS) is 10.1. The summed E-state index contributed by atoms with van der Waals surface area (Å²) >= 11 is 0. The van der Waals surface area contributed by atoms with Gasteiger partial charge in [0, 0.05) is 25.5 Å². The molecule has 2 heterocycles. The van der Waals surface area contributed by atoms with Crippen molar-refractivity contribution < 1.29 is 4.79 Å². The number of hydrogen-bond acceptors (Lipinski definition) is 3. The van der Waals surface area contributed by atoms with Crippen molar-refractivity contribution in [3.63, 3.8) is 0 Å². The molecule has 1 N–H and O–H groups in total. The maximum Gasteiger partial charge on any atom is 0.229 e. The highest BCUT2D eigenvalue weighted by atomic mass is 16.1. The summed E-state index contributed by atoms with van der Waals surface area (Å²) in [6, 6.07) is 5.43. The molecule has 0 saturated carbocycles. The summed E-state index contributed by atoms with van der Waals surface area (Å²) in [6.07, 6.45) is 5.32. The number of aryl methyl sites for hydroxylation is 1. The van der Waals surface area contributed by atoms with E-state index in [1.165, 1.54) is 0 Å². The van der Waals surface area contributed by atoms with Gasteiger partial charge in [0.2, 0.25) is 5.91 Å². The van der Waals surface area contributed by atoms with Crippen LogP contribution in [0.1, 0.15) is 5.56 Å². The topological polar surface area (TPSA) is 59.8 Å². The predicted molar refractivity (Wildman–Crippen MR) is 59.8 cm³/mol. The number of nitrogens with one attached hydrogen (secondary N) is 1. The Morgan fingerprint density at radius 1 is 1.44 bits per heavy atom. The van der Waals surface area contributed by atoms with Crippen LogP contribution in [0.15, 0.2) is 36.8 Å². The number of carbonyl (C=O) groups excluding carboxylic acids is 1. The summed E-state index contributed by atoms with van der Waals surface area (Å²) in [4.78, 5) is 15.6. The standard InChI is InChI=1S/C11H12N4O/c1-15-10(4-6-13-15)14-11(16)7-9-3-2-5-12-8-9/h2-6,8H,7H2,1H3,(H,14,16). The molecule has 0 bridgehead atoms. The molecule has 0 spiro atoms. The van der Waals surface area contributed by atoms with Gasteiger partial charge in [-0.2, -0.15) is 5.10 Å². The number of pyridine rings is 1. The summed E-state index contributed by atoms with van der Waals surface area (Å²) in [6.45, 7) is 0. The number of rotatable bonds is 3. The maximum atomic E-state index is 11.7. The zero-order valence-electron chi connectivity index (χ0n) is 8.92. The molecule has 0 atom stereocenters. The molecule has 0 saturated heterocycles. The Hall–Kier alpha value is -2.17. The van der Waals surface area contributed by atoms with Gasteiger partial charge in [0.15, 0.2) is 0 Å². The van der Waals surface area contributed by atoms with Crippen LogP contribution in [0.25, 0.3) is 0 Å². The second-order valence-electron chi connectivity index (χ2n) is 3.43. The minimum Gasteiger partial charge on any atom is -0.311 e. The monoisotopic (exact) mass is 216 g/mol. The zero-order valence-corrected chi connectivity index (χ0v) is 8.92. The molecule has 0 fully saturated rings. The third kappa shape index (κ3) is 2.44. The van der Waals surface area contributed by atoms with E-state index in [1.54, 1.807) is 36.4 Å². The number of hydrogen-bond donors (Lipinski definition) is 1. The van der Waals surface area contributed by atoms with Gasteiger partial charge < -0.3 is 5.32 Å². The van der Waals surface area contributed by atoms with E-state index in [4.69, 9.17) is 0 Å². The Morgan fingerprint density at radius 2 is 2.31 bits per heavy atom. The van der Waals surface area contributed by atoms with Crippen LogP contribution < -0.4 is 5.32 Å². The number of carbonyl (C=O) groups is 1. The quantitative estimate of drug-likeness (QED) is 0.832. The average Bonchev–Trinajstić information content (AvgIpc) is 2.66. The average molecular weight is 216 g/mol. The third-order valence-corrected chi connectivity index (χ3v) is 2.18. The van der Waals surface area contributed by atoms with Gasteiger partial charge in [0.25, 0.3) is 0 Å². The molecule has 5 nitrogen and oxygen atoms in total. The van der Waals surface area contributed by atoms with Crippen molar-refractivity contribution in [2.75, 3.05) is 5.32 Å². The lowest BCUT2D eigenvalue weighted by atomic mass is 10.2. The molecule has 0 aromatic carbocycles. The second-order valence-corrected chi connectivity index (χ2v) is 3.43. The smallest absolute Gasteiger partial charge is 0.229 e. The molecule has 16 heavy (non-hydrogen) atoms. The zero-order chi connectivity index (χ0) is 11.4. The predicted octanol–water partition coefficient (Wildman–Crippen LogP) is 0.996. The Kier molecular flexibility index (Phi) is 2.95. The first-order chi connectivity index (χ1) is 7.75. The van der Waals surface area contributed by atoms with E-state index < -0.39 is 0 Å². The van der Waals surface area contributed by atoms with E-state index in [0.717, 1.165) is 5.56 Å². The Bertz CT molecular complexity index is 478. The van der Waals surface area contributed by atoms with Crippen LogP contribution in [0.3, 0.4) is 0 Å². The molecule has 0 aliphatic heterocycles. The molecule has 0 aliphatic carbocycles. The third-order valence-electron chi connectivity index (χ3n) is 2.18. The highest BCUT2D eigenvalue weighted by Gasteiger charge is 2.05. The first-order valence-electron chi connectivity index (χ1n) is 4.92. The molecule has 0 radical (unpaired) electrons. The van der Waals surface area contributed by atoms with Gasteiger partial charge in [-0.05, 0) is 11.6 Å². The molecular weight excluding hydrogens is 204 g/mol. The van der Waals surface area contributed by atoms with Crippen LogP contribution in [0.2, 0.25) is 0 Å². The minimum atomic E-state index is -0.0726. The molecule has 2 aromatic rings. The van der Waals surface area contributed by atoms with Gasteiger partial charge in [-0.1, -0.05) is 6.07 Å². The van der Waals surface area contributed by atoms with Crippen molar-refractivity contribution in [2.45, 2.75) is 6.42 Å². The lowest BCUT2D eigenvalue weighted by Gasteiger charge is -2.04. The van der Waals surface area contributed by atoms with E-state index in [-0.39, 0.29) is 5.91 Å². The van der Waals surface area contributed by atoms with Gasteiger partial charge in [-0.15, -0.1) is 0 Å². The molecule has 1 amide bonds. The minimum absolute atomic E-state index is 0.0726. The Morgan fingerprint density at radius 3 is 2.94 bits per heavy atom. The van der Waals surface area contributed by atoms with Crippen molar-refractivity contribution in [3.05, 3.63) is 42.4 Å². The fourth-order valence-corrected chi connectivity index (χ4v) is 1.37. The molecular formula is C11H12N4O. The largest absolute Gasteiger partial charge is 0.311 e. The molecule has 82 valence electrons. The first-order valence-corrected chi connectivity index (χ1v) is 4.92. The Balaban J connectivity index is 1.98. The van der Waals surface area contributed by atoms with Crippen molar-refractivity contribution in [3.8, 4) is 0 Å². The fraction of sp³-hybridized carbons (Fsp3) is 0.182. The van der Waals surface area contributed by atoms with Gasteiger partial charge in [0.05, 0.1) is 12.6 Å². The number of nitrogens with zero attached hydrogens (tertiary/aromatic N) is 3. The highest BCUT2D eigenvalue weighted by molar-refractivity contribution is 5.91. The van der Waals surface area contributed by atoms with Gasteiger partial charge in [-0.3, -0.25) is 14.5 Å². The summed E-state index contributed by atoms with van der Waals surface area (Å²) in [5.41, 5.74) is 0.891. The van der Waals surface area contributed by atoms with Crippen LogP contribution in [-0.2, 0) is 18.3 Å². The summed E-state index contributed by atoms with van der Waals surface area (Å²) in [7, 11) is 1.78. The van der Waals surface area contributed by atoms with Gasteiger partial charge in [0.1, 0.15) is 5.82 Å². The van der Waals surface area contributed by atoms with Crippen LogP contribution in [0.5, 0.6) is 0 Å².